The lowest BCUT2D eigenvalue weighted by Crippen LogP contribution is -2.45. The molecule has 0 aromatic rings. The number of aliphatic hydroxyl groups is 1. The molecule has 0 radical (unpaired) electrons. The number of nitrogens with zero attached hydrogens (tertiary/aromatic N) is 2. The number of alkyl halides is 2. The molecule has 0 heterocycles. The van der Waals surface area contributed by atoms with Crippen molar-refractivity contribution in [3.8, 4) is 0 Å². The van der Waals surface area contributed by atoms with Gasteiger partial charge in [0.05, 0.1) is 19.8 Å². The number of carbonyl (C=O) groups excluding carboxylic acids is 2. The Balaban J connectivity index is 2.40. The van der Waals surface area contributed by atoms with Crippen LogP contribution < -0.4 is 0 Å². The van der Waals surface area contributed by atoms with E-state index in [0.717, 1.165) is 90.4 Å². The SMILES string of the molecule is CCCCCCCCCCCOC(=O)CCCCCN(CCN(CCO)CCCCCC(=O)OCC(CCCCCCCC)CCCCCCCC)C1CCC(F)(F)CC1. The van der Waals surface area contributed by atoms with Gasteiger partial charge in [0.1, 0.15) is 0 Å². The van der Waals surface area contributed by atoms with Crippen molar-refractivity contribution in [2.45, 2.75) is 257 Å². The molecule has 0 unspecified atom stereocenters. The first kappa shape index (κ1) is 56.7. The average molecular weight is 857 g/mol. The number of halogens is 2. The van der Waals surface area contributed by atoms with E-state index < -0.39 is 5.92 Å². The minimum Gasteiger partial charge on any atom is -0.466 e. The molecular formula is C51H98F2N2O5. The minimum atomic E-state index is -2.56. The van der Waals surface area contributed by atoms with Crippen LogP contribution in [0.15, 0.2) is 0 Å². The van der Waals surface area contributed by atoms with Crippen molar-refractivity contribution >= 4 is 11.9 Å². The first-order chi connectivity index (χ1) is 29.2. The van der Waals surface area contributed by atoms with Gasteiger partial charge in [-0.25, -0.2) is 8.78 Å². The number of hydrogen-bond donors (Lipinski definition) is 1. The Hall–Kier alpha value is -1.32. The van der Waals surface area contributed by atoms with E-state index in [2.05, 4.69) is 30.6 Å². The summed E-state index contributed by atoms with van der Waals surface area (Å²) in [4.78, 5) is 29.7. The van der Waals surface area contributed by atoms with Crippen molar-refractivity contribution in [3.05, 3.63) is 0 Å². The van der Waals surface area contributed by atoms with Crippen molar-refractivity contribution in [1.82, 2.24) is 9.80 Å². The Morgan fingerprint density at radius 3 is 1.52 bits per heavy atom. The summed E-state index contributed by atoms with van der Waals surface area (Å²) in [5.41, 5.74) is 0. The third-order valence-electron chi connectivity index (χ3n) is 12.9. The third kappa shape index (κ3) is 34.2. The summed E-state index contributed by atoms with van der Waals surface area (Å²) < 4.78 is 39.5. The van der Waals surface area contributed by atoms with E-state index in [1.807, 2.05) is 0 Å². The van der Waals surface area contributed by atoms with Crippen LogP contribution >= 0.6 is 0 Å². The molecule has 1 aliphatic carbocycles. The second-order valence-corrected chi connectivity index (χ2v) is 18.5. The predicted molar refractivity (Wildman–Crippen MR) is 248 cm³/mol. The van der Waals surface area contributed by atoms with Gasteiger partial charge in [-0.3, -0.25) is 19.4 Å². The van der Waals surface area contributed by atoms with Crippen LogP contribution in [0.5, 0.6) is 0 Å². The highest BCUT2D eigenvalue weighted by Gasteiger charge is 2.36. The van der Waals surface area contributed by atoms with Crippen molar-refractivity contribution in [1.29, 1.82) is 0 Å². The van der Waals surface area contributed by atoms with Gasteiger partial charge in [-0.1, -0.05) is 162 Å². The molecule has 1 N–H and O–H groups in total. The largest absolute Gasteiger partial charge is 0.466 e. The number of rotatable bonds is 44. The monoisotopic (exact) mass is 857 g/mol. The zero-order valence-electron chi connectivity index (χ0n) is 39.8. The summed E-state index contributed by atoms with van der Waals surface area (Å²) in [5.74, 6) is -2.26. The molecule has 0 bridgehead atoms. The van der Waals surface area contributed by atoms with E-state index in [4.69, 9.17) is 9.47 Å². The van der Waals surface area contributed by atoms with Crippen LogP contribution in [0.4, 0.5) is 8.78 Å². The molecule has 0 amide bonds. The summed E-state index contributed by atoms with van der Waals surface area (Å²) in [6.07, 6.45) is 36.1. The Morgan fingerprint density at radius 1 is 0.550 bits per heavy atom. The maximum Gasteiger partial charge on any atom is 0.305 e. The number of hydrogen-bond acceptors (Lipinski definition) is 7. The molecule has 0 aromatic carbocycles. The molecule has 0 aliphatic heterocycles. The molecule has 0 atom stereocenters. The Labute approximate surface area is 369 Å². The average Bonchev–Trinajstić information content (AvgIpc) is 3.23. The molecular weight excluding hydrogens is 759 g/mol. The van der Waals surface area contributed by atoms with Gasteiger partial charge in [0.15, 0.2) is 0 Å². The first-order valence-corrected chi connectivity index (χ1v) is 26.0. The number of carbonyl (C=O) groups is 2. The van der Waals surface area contributed by atoms with Crippen LogP contribution in [0, 0.1) is 5.92 Å². The van der Waals surface area contributed by atoms with Crippen LogP contribution in [0.1, 0.15) is 245 Å². The maximum atomic E-state index is 14.1. The third-order valence-corrected chi connectivity index (χ3v) is 12.9. The fraction of sp³-hybridized carbons (Fsp3) is 0.961. The standard InChI is InChI=1S/C51H98F2N2O5/c1-4-7-10-13-16-17-18-21-30-45-59-49(57)33-27-23-29-40-55(48-35-37-51(52,53)38-36-48)42-41-54(43-44-56)39-28-22-26-34-50(58)60-46-47(31-24-19-14-11-8-5-2)32-25-20-15-12-9-6-3/h47-48,56H,4-46H2,1-3H3. The zero-order valence-corrected chi connectivity index (χ0v) is 39.8. The highest BCUT2D eigenvalue weighted by Crippen LogP contribution is 2.35. The van der Waals surface area contributed by atoms with Gasteiger partial charge in [-0.15, -0.1) is 0 Å². The summed E-state index contributed by atoms with van der Waals surface area (Å²) in [7, 11) is 0. The molecule has 60 heavy (non-hydrogen) atoms. The molecule has 0 saturated heterocycles. The van der Waals surface area contributed by atoms with Gasteiger partial charge in [0.2, 0.25) is 5.92 Å². The maximum absolute atomic E-state index is 14.1. The quantitative estimate of drug-likeness (QED) is 0.0483. The van der Waals surface area contributed by atoms with Crippen molar-refractivity contribution in [2.24, 2.45) is 5.92 Å². The fourth-order valence-electron chi connectivity index (χ4n) is 8.85. The molecule has 1 fully saturated rings. The summed E-state index contributed by atoms with van der Waals surface area (Å²) in [6.45, 7) is 11.7. The molecule has 7 nitrogen and oxygen atoms in total. The van der Waals surface area contributed by atoms with Crippen LogP contribution in [-0.2, 0) is 19.1 Å². The molecule has 0 aromatic heterocycles. The molecule has 9 heteroatoms. The van der Waals surface area contributed by atoms with Gasteiger partial charge in [-0.05, 0) is 76.8 Å². The van der Waals surface area contributed by atoms with Gasteiger partial charge < -0.3 is 14.6 Å². The predicted octanol–water partition coefficient (Wildman–Crippen LogP) is 14.0. The smallest absolute Gasteiger partial charge is 0.305 e. The lowest BCUT2D eigenvalue weighted by Gasteiger charge is -2.38. The van der Waals surface area contributed by atoms with E-state index in [0.29, 0.717) is 51.4 Å². The number of unbranched alkanes of at least 4 members (excludes halogenated alkanes) is 22. The molecule has 0 spiro atoms. The van der Waals surface area contributed by atoms with Crippen molar-refractivity contribution in [2.75, 3.05) is 52.5 Å². The fourth-order valence-corrected chi connectivity index (χ4v) is 8.85. The van der Waals surface area contributed by atoms with Crippen LogP contribution in [0.3, 0.4) is 0 Å². The van der Waals surface area contributed by atoms with Gasteiger partial charge in [0.25, 0.3) is 0 Å². The first-order valence-electron chi connectivity index (χ1n) is 26.0. The summed E-state index contributed by atoms with van der Waals surface area (Å²) in [5, 5.41) is 9.84. The van der Waals surface area contributed by atoms with Gasteiger partial charge in [-0.2, -0.15) is 0 Å². The summed E-state index contributed by atoms with van der Waals surface area (Å²) in [6, 6.07) is 0.143. The van der Waals surface area contributed by atoms with E-state index in [9.17, 15) is 23.5 Å². The lowest BCUT2D eigenvalue weighted by molar-refractivity contribution is -0.145. The number of aliphatic hydroxyl groups excluding tert-OH is 1. The minimum absolute atomic E-state index is 0.0549. The van der Waals surface area contributed by atoms with Gasteiger partial charge in [0, 0.05) is 51.4 Å². The highest BCUT2D eigenvalue weighted by atomic mass is 19.3. The Morgan fingerprint density at radius 2 is 1.00 bits per heavy atom. The normalized spacial score (nSPS) is 14.5. The molecule has 1 rings (SSSR count). The van der Waals surface area contributed by atoms with Gasteiger partial charge >= 0.3 is 11.9 Å². The second kappa shape index (κ2) is 40.5. The van der Waals surface area contributed by atoms with Crippen molar-refractivity contribution in [3.63, 3.8) is 0 Å². The Bertz CT molecular complexity index is 946. The van der Waals surface area contributed by atoms with E-state index in [1.165, 1.54) is 122 Å². The van der Waals surface area contributed by atoms with Crippen LogP contribution in [0.2, 0.25) is 0 Å². The topological polar surface area (TPSA) is 79.3 Å². The van der Waals surface area contributed by atoms with Crippen LogP contribution in [0.25, 0.3) is 0 Å². The molecule has 1 aliphatic rings. The zero-order chi connectivity index (χ0) is 43.8. The Kier molecular flexibility index (Phi) is 38.2. The molecule has 1 saturated carbocycles. The number of esters is 2. The lowest BCUT2D eigenvalue weighted by atomic mass is 9.91. The van der Waals surface area contributed by atoms with E-state index in [1.54, 1.807) is 0 Å². The van der Waals surface area contributed by atoms with Crippen LogP contribution in [-0.4, -0.2) is 91.4 Å². The number of ether oxygens (including phenoxy) is 2. The van der Waals surface area contributed by atoms with E-state index in [-0.39, 0.29) is 37.4 Å². The molecule has 356 valence electrons. The summed E-state index contributed by atoms with van der Waals surface area (Å²) >= 11 is 0. The highest BCUT2D eigenvalue weighted by molar-refractivity contribution is 5.69. The van der Waals surface area contributed by atoms with Crippen molar-refractivity contribution < 1.29 is 33.0 Å². The van der Waals surface area contributed by atoms with E-state index >= 15 is 0 Å². The second-order valence-electron chi connectivity index (χ2n) is 18.5.